The molecule has 8 heteroatoms. The average Bonchev–Trinajstić information content (AvgIpc) is 3.01. The molecule has 148 valence electrons. The van der Waals surface area contributed by atoms with Gasteiger partial charge in [-0.2, -0.15) is 5.10 Å². The molecule has 0 spiro atoms. The Morgan fingerprint density at radius 1 is 1.39 bits per heavy atom. The topological polar surface area (TPSA) is 89.3 Å². The van der Waals surface area contributed by atoms with Gasteiger partial charge < -0.3 is 15.2 Å². The van der Waals surface area contributed by atoms with Crippen LogP contribution in [0.2, 0.25) is 0 Å². The molecule has 2 N–H and O–H groups in total. The molecule has 0 saturated heterocycles. The molecule has 0 saturated carbocycles. The van der Waals surface area contributed by atoms with Crippen molar-refractivity contribution in [2.45, 2.75) is 26.3 Å². The van der Waals surface area contributed by atoms with Crippen molar-refractivity contribution in [3.8, 4) is 0 Å². The first-order valence-electron chi connectivity index (χ1n) is 9.12. The number of pyridine rings is 1. The van der Waals surface area contributed by atoms with Gasteiger partial charge in [-0.25, -0.2) is 9.18 Å². The van der Waals surface area contributed by atoms with E-state index in [2.05, 4.69) is 22.3 Å². The fraction of sp³-hybridized carbons (Fsp3) is 0.350. The average molecular weight is 386 g/mol. The number of hydrogen-bond acceptors (Lipinski definition) is 5. The summed E-state index contributed by atoms with van der Waals surface area (Å²) < 4.78 is 20.9. The van der Waals surface area contributed by atoms with Crippen LogP contribution in [0.3, 0.4) is 0 Å². The van der Waals surface area contributed by atoms with Gasteiger partial charge in [0.2, 0.25) is 0 Å². The first-order valence-corrected chi connectivity index (χ1v) is 9.12. The van der Waals surface area contributed by atoms with E-state index in [9.17, 15) is 14.3 Å². The molecule has 1 unspecified atom stereocenters. The Balaban J connectivity index is 1.99. The second-order valence-corrected chi connectivity index (χ2v) is 6.60. The van der Waals surface area contributed by atoms with E-state index >= 15 is 0 Å². The lowest BCUT2D eigenvalue weighted by atomic mass is 10.0. The van der Waals surface area contributed by atoms with Crippen LogP contribution >= 0.6 is 0 Å². The first-order chi connectivity index (χ1) is 13.5. The number of fused-ring (bicyclic) bond motifs is 1. The number of carbonyl (C=O) groups is 1. The molecule has 7 nitrogen and oxygen atoms in total. The van der Waals surface area contributed by atoms with Gasteiger partial charge in [0.15, 0.2) is 5.82 Å². The molecule has 0 aliphatic carbocycles. The minimum atomic E-state index is -1.08. The molecule has 2 aromatic heterocycles. The van der Waals surface area contributed by atoms with E-state index in [1.54, 1.807) is 13.2 Å². The number of aromatic nitrogens is 3. The molecule has 0 bridgehead atoms. The third-order valence-electron chi connectivity index (χ3n) is 4.76. The van der Waals surface area contributed by atoms with Crippen molar-refractivity contribution in [3.63, 3.8) is 0 Å². The van der Waals surface area contributed by atoms with Crippen LogP contribution in [0.25, 0.3) is 10.9 Å². The summed E-state index contributed by atoms with van der Waals surface area (Å²) in [7, 11) is 1.68. The minimum Gasteiger partial charge on any atom is -0.478 e. The Kier molecular flexibility index (Phi) is 6.20. The number of rotatable bonds is 9. The van der Waals surface area contributed by atoms with E-state index in [1.165, 1.54) is 30.6 Å². The Hall–Kier alpha value is -3.00. The number of ether oxygens (including phenoxy) is 1. The first kappa shape index (κ1) is 19.8. The van der Waals surface area contributed by atoms with Crippen LogP contribution in [0.1, 0.15) is 30.1 Å². The molecule has 3 rings (SSSR count). The van der Waals surface area contributed by atoms with Crippen LogP contribution in [0, 0.1) is 11.7 Å². The molecule has 2 heterocycles. The number of halogens is 1. The number of benzene rings is 1. The summed E-state index contributed by atoms with van der Waals surface area (Å²) in [4.78, 5) is 15.4. The van der Waals surface area contributed by atoms with Crippen molar-refractivity contribution in [2.75, 3.05) is 19.0 Å². The fourth-order valence-electron chi connectivity index (χ4n) is 3.14. The number of methoxy groups -OCH3 is 1. The lowest BCUT2D eigenvalue weighted by Gasteiger charge is -2.15. The molecule has 0 fully saturated rings. The number of carboxylic acids is 1. The van der Waals surface area contributed by atoms with E-state index in [-0.39, 0.29) is 11.4 Å². The third kappa shape index (κ3) is 4.28. The van der Waals surface area contributed by atoms with E-state index in [0.717, 1.165) is 18.4 Å². The largest absolute Gasteiger partial charge is 0.478 e. The van der Waals surface area contributed by atoms with Gasteiger partial charge in [-0.1, -0.05) is 13.3 Å². The highest BCUT2D eigenvalue weighted by Gasteiger charge is 2.17. The van der Waals surface area contributed by atoms with Gasteiger partial charge >= 0.3 is 5.97 Å². The van der Waals surface area contributed by atoms with Crippen molar-refractivity contribution in [2.24, 2.45) is 5.92 Å². The second-order valence-electron chi connectivity index (χ2n) is 6.60. The molecular weight excluding hydrogens is 363 g/mol. The standard InChI is InChI=1S/C20H23FN4O3/c1-3-13(7-9-28-2)12-25-18-5-4-14(21)10-16(18)19(24-25)23-17-11-22-8-6-15(17)20(26)27/h4-6,8,10-11,13H,3,7,9,12H2,1-2H3,(H,23,24)(H,26,27). The van der Waals surface area contributed by atoms with Gasteiger partial charge in [-0.3, -0.25) is 9.67 Å². The van der Waals surface area contributed by atoms with Crippen LogP contribution < -0.4 is 5.32 Å². The Labute approximate surface area is 162 Å². The molecule has 1 aromatic carbocycles. The van der Waals surface area contributed by atoms with E-state index < -0.39 is 5.97 Å². The molecule has 0 amide bonds. The summed E-state index contributed by atoms with van der Waals surface area (Å²) in [6, 6.07) is 5.89. The zero-order valence-electron chi connectivity index (χ0n) is 15.9. The van der Waals surface area contributed by atoms with Crippen LogP contribution in [0.4, 0.5) is 15.9 Å². The smallest absolute Gasteiger partial charge is 0.337 e. The van der Waals surface area contributed by atoms with Gasteiger partial charge in [0.05, 0.1) is 23.0 Å². The molecule has 1 atom stereocenters. The summed E-state index contributed by atoms with van der Waals surface area (Å²) in [6.45, 7) is 3.43. The summed E-state index contributed by atoms with van der Waals surface area (Å²) in [6.07, 6.45) is 4.68. The number of anilines is 2. The van der Waals surface area contributed by atoms with Crippen LogP contribution in [0.15, 0.2) is 36.7 Å². The predicted molar refractivity (Wildman–Crippen MR) is 104 cm³/mol. The summed E-state index contributed by atoms with van der Waals surface area (Å²) in [5, 5.41) is 17.6. The van der Waals surface area contributed by atoms with Gasteiger partial charge in [-0.05, 0) is 36.6 Å². The maximum Gasteiger partial charge on any atom is 0.337 e. The number of hydrogen-bond donors (Lipinski definition) is 2. The molecular formula is C20H23FN4O3. The second kappa shape index (κ2) is 8.79. The fourth-order valence-corrected chi connectivity index (χ4v) is 3.14. The summed E-state index contributed by atoms with van der Waals surface area (Å²) in [5.74, 6) is -0.711. The van der Waals surface area contributed by atoms with Gasteiger partial charge in [0.25, 0.3) is 0 Å². The Bertz CT molecular complexity index is 973. The maximum atomic E-state index is 13.9. The summed E-state index contributed by atoms with van der Waals surface area (Å²) >= 11 is 0. The number of carboxylic acid groups (broad SMARTS) is 1. The lowest BCUT2D eigenvalue weighted by molar-refractivity contribution is 0.0698. The van der Waals surface area contributed by atoms with Crippen molar-refractivity contribution < 1.29 is 19.0 Å². The SMILES string of the molecule is CCC(CCOC)Cn1nc(Nc2cnccc2C(=O)O)c2cc(F)ccc21. The molecule has 3 aromatic rings. The molecule has 28 heavy (non-hydrogen) atoms. The number of nitrogens with zero attached hydrogens (tertiary/aromatic N) is 3. The number of nitrogens with one attached hydrogen (secondary N) is 1. The van der Waals surface area contributed by atoms with Crippen molar-refractivity contribution in [1.29, 1.82) is 0 Å². The zero-order valence-corrected chi connectivity index (χ0v) is 15.9. The van der Waals surface area contributed by atoms with Crippen molar-refractivity contribution in [3.05, 3.63) is 48.0 Å². The lowest BCUT2D eigenvalue weighted by Crippen LogP contribution is -2.13. The van der Waals surface area contributed by atoms with E-state index in [0.29, 0.717) is 36.0 Å². The predicted octanol–water partition coefficient (Wildman–Crippen LogP) is 4.07. The van der Waals surface area contributed by atoms with Crippen molar-refractivity contribution >= 4 is 28.4 Å². The molecule has 0 radical (unpaired) electrons. The van der Waals surface area contributed by atoms with E-state index in [1.807, 2.05) is 4.68 Å². The highest BCUT2D eigenvalue weighted by Crippen LogP contribution is 2.29. The van der Waals surface area contributed by atoms with Gasteiger partial charge in [-0.15, -0.1) is 0 Å². The highest BCUT2D eigenvalue weighted by atomic mass is 19.1. The Morgan fingerprint density at radius 2 is 2.21 bits per heavy atom. The van der Waals surface area contributed by atoms with E-state index in [4.69, 9.17) is 4.74 Å². The quantitative estimate of drug-likeness (QED) is 0.576. The van der Waals surface area contributed by atoms with Crippen molar-refractivity contribution in [1.82, 2.24) is 14.8 Å². The number of aromatic carboxylic acids is 1. The van der Waals surface area contributed by atoms with Crippen LogP contribution in [0.5, 0.6) is 0 Å². The minimum absolute atomic E-state index is 0.0700. The monoisotopic (exact) mass is 386 g/mol. The molecule has 0 aliphatic heterocycles. The van der Waals surface area contributed by atoms with Crippen LogP contribution in [-0.4, -0.2) is 39.6 Å². The highest BCUT2D eigenvalue weighted by molar-refractivity contribution is 5.97. The Morgan fingerprint density at radius 3 is 2.93 bits per heavy atom. The molecule has 0 aliphatic rings. The van der Waals surface area contributed by atoms with Crippen LogP contribution in [-0.2, 0) is 11.3 Å². The maximum absolute atomic E-state index is 13.9. The summed E-state index contributed by atoms with van der Waals surface area (Å²) in [5.41, 5.74) is 1.15. The normalized spacial score (nSPS) is 12.2. The van der Waals surface area contributed by atoms with Gasteiger partial charge in [0, 0.05) is 31.8 Å². The zero-order chi connectivity index (χ0) is 20.1. The third-order valence-corrected chi connectivity index (χ3v) is 4.76. The van der Waals surface area contributed by atoms with Gasteiger partial charge in [0.1, 0.15) is 5.82 Å².